The maximum Gasteiger partial charge on any atom is 0.0818 e. The Balaban J connectivity index is 1.77. The molecule has 0 bridgehead atoms. The van der Waals surface area contributed by atoms with Gasteiger partial charge in [0.15, 0.2) is 0 Å². The summed E-state index contributed by atoms with van der Waals surface area (Å²) >= 11 is 0. The van der Waals surface area contributed by atoms with Gasteiger partial charge in [-0.05, 0) is 37.7 Å². The summed E-state index contributed by atoms with van der Waals surface area (Å²) in [6.07, 6.45) is 6.42. The van der Waals surface area contributed by atoms with E-state index >= 15 is 0 Å². The van der Waals surface area contributed by atoms with Crippen LogP contribution in [-0.4, -0.2) is 29.3 Å². The number of nitrogens with one attached hydrogen (secondary N) is 1. The molecule has 0 spiro atoms. The second-order valence-electron chi connectivity index (χ2n) is 6.19. The molecule has 0 aromatic heterocycles. The van der Waals surface area contributed by atoms with Gasteiger partial charge in [-0.3, -0.25) is 0 Å². The van der Waals surface area contributed by atoms with Crippen molar-refractivity contribution >= 4 is 0 Å². The quantitative estimate of drug-likeness (QED) is 0.682. The molecule has 1 aromatic rings. The highest BCUT2D eigenvalue weighted by Gasteiger charge is 2.35. The zero-order valence-corrected chi connectivity index (χ0v) is 12.5. The van der Waals surface area contributed by atoms with Crippen molar-refractivity contribution in [2.75, 3.05) is 6.54 Å². The van der Waals surface area contributed by atoms with Gasteiger partial charge in [-0.25, -0.2) is 0 Å². The average Bonchev–Trinajstić information content (AvgIpc) is 2.42. The molecule has 0 radical (unpaired) electrons. The van der Waals surface area contributed by atoms with E-state index in [1.165, 1.54) is 37.7 Å². The Hall–Kier alpha value is -0.900. The summed E-state index contributed by atoms with van der Waals surface area (Å²) in [5.74, 6) is 0. The van der Waals surface area contributed by atoms with E-state index in [1.54, 1.807) is 0 Å². The van der Waals surface area contributed by atoms with Gasteiger partial charge in [0.05, 0.1) is 6.10 Å². The van der Waals surface area contributed by atoms with E-state index in [9.17, 15) is 5.11 Å². The summed E-state index contributed by atoms with van der Waals surface area (Å²) in [5.41, 5.74) is 7.59. The Bertz CT molecular complexity index is 389. The molecule has 1 aromatic carbocycles. The number of benzene rings is 1. The van der Waals surface area contributed by atoms with Gasteiger partial charge in [-0.2, -0.15) is 0 Å². The topological polar surface area (TPSA) is 58.3 Å². The van der Waals surface area contributed by atoms with E-state index in [0.29, 0.717) is 6.54 Å². The summed E-state index contributed by atoms with van der Waals surface area (Å²) in [4.78, 5) is 0. The number of hydrogen-bond donors (Lipinski definition) is 3. The lowest BCUT2D eigenvalue weighted by molar-refractivity contribution is 0.0993. The summed E-state index contributed by atoms with van der Waals surface area (Å²) in [7, 11) is 0. The molecule has 1 saturated carbocycles. The third kappa shape index (κ3) is 4.05. The van der Waals surface area contributed by atoms with Gasteiger partial charge in [-0.1, -0.05) is 43.7 Å². The molecular formula is C17H28N2O. The lowest BCUT2D eigenvalue weighted by Crippen LogP contribution is -2.55. The first-order valence-corrected chi connectivity index (χ1v) is 7.88. The minimum atomic E-state index is -0.482. The highest BCUT2D eigenvalue weighted by atomic mass is 16.3. The molecule has 2 atom stereocenters. The van der Waals surface area contributed by atoms with Crippen LogP contribution in [-0.2, 0) is 6.42 Å². The molecule has 2 rings (SSSR count). The highest BCUT2D eigenvalue weighted by Crippen LogP contribution is 2.35. The first-order chi connectivity index (χ1) is 9.65. The largest absolute Gasteiger partial charge is 0.390 e. The van der Waals surface area contributed by atoms with Crippen LogP contribution >= 0.6 is 0 Å². The first-order valence-electron chi connectivity index (χ1n) is 7.88. The van der Waals surface area contributed by atoms with Gasteiger partial charge in [0, 0.05) is 18.1 Å². The van der Waals surface area contributed by atoms with Crippen molar-refractivity contribution in [3.05, 3.63) is 35.9 Å². The minimum absolute atomic E-state index is 0.205. The zero-order valence-electron chi connectivity index (χ0n) is 12.5. The monoisotopic (exact) mass is 276 g/mol. The maximum absolute atomic E-state index is 10.2. The number of β-amino-alcohol motifs (C(OH)–C–C–N with tert-alkyl or cyclic N) is 1. The molecule has 3 heteroatoms. The van der Waals surface area contributed by atoms with Crippen LogP contribution in [0.25, 0.3) is 0 Å². The number of nitrogens with two attached hydrogens (primary N) is 1. The molecule has 4 N–H and O–H groups in total. The summed E-state index contributed by atoms with van der Waals surface area (Å²) < 4.78 is 0. The van der Waals surface area contributed by atoms with E-state index in [4.69, 9.17) is 5.73 Å². The van der Waals surface area contributed by atoms with Crippen LogP contribution in [0.5, 0.6) is 0 Å². The SMILES string of the molecule is CCCC1(NC[C@@H](O)[C@@H](N)Cc2ccccc2)CCC1. The lowest BCUT2D eigenvalue weighted by atomic mass is 9.73. The van der Waals surface area contributed by atoms with Crippen LogP contribution in [0, 0.1) is 0 Å². The van der Waals surface area contributed by atoms with E-state index < -0.39 is 6.10 Å². The van der Waals surface area contributed by atoms with E-state index in [2.05, 4.69) is 24.4 Å². The standard InChI is InChI=1S/C17H28N2O/c1-2-9-17(10-6-11-17)19-13-16(20)15(18)12-14-7-4-3-5-8-14/h3-5,7-8,15-16,19-20H,2,6,9-13,18H2,1H3/t15-,16+/m0/s1. The van der Waals surface area contributed by atoms with Crippen molar-refractivity contribution < 1.29 is 5.11 Å². The van der Waals surface area contributed by atoms with Crippen LogP contribution in [0.2, 0.25) is 0 Å². The molecule has 3 nitrogen and oxygen atoms in total. The van der Waals surface area contributed by atoms with Crippen LogP contribution < -0.4 is 11.1 Å². The summed E-state index contributed by atoms with van der Waals surface area (Å²) in [6, 6.07) is 9.94. The first kappa shape index (κ1) is 15.5. The molecule has 0 unspecified atom stereocenters. The minimum Gasteiger partial charge on any atom is -0.390 e. The molecule has 0 aliphatic heterocycles. The highest BCUT2D eigenvalue weighted by molar-refractivity contribution is 5.16. The predicted molar refractivity (Wildman–Crippen MR) is 83.6 cm³/mol. The molecule has 0 heterocycles. The van der Waals surface area contributed by atoms with E-state index in [0.717, 1.165) is 6.42 Å². The van der Waals surface area contributed by atoms with Crippen LogP contribution in [0.4, 0.5) is 0 Å². The smallest absolute Gasteiger partial charge is 0.0818 e. The predicted octanol–water partition coefficient (Wildman–Crippen LogP) is 2.23. The molecular weight excluding hydrogens is 248 g/mol. The van der Waals surface area contributed by atoms with E-state index in [1.807, 2.05) is 18.2 Å². The second-order valence-corrected chi connectivity index (χ2v) is 6.19. The van der Waals surface area contributed by atoms with Crippen molar-refractivity contribution in [1.82, 2.24) is 5.32 Å². The Labute approximate surface area is 122 Å². The third-order valence-corrected chi connectivity index (χ3v) is 4.53. The fraction of sp³-hybridized carbons (Fsp3) is 0.647. The molecule has 0 amide bonds. The third-order valence-electron chi connectivity index (χ3n) is 4.53. The van der Waals surface area contributed by atoms with Crippen molar-refractivity contribution in [1.29, 1.82) is 0 Å². The van der Waals surface area contributed by atoms with Crippen molar-refractivity contribution in [2.45, 2.75) is 63.1 Å². The molecule has 1 fully saturated rings. The number of aliphatic hydroxyl groups excluding tert-OH is 1. The van der Waals surface area contributed by atoms with Crippen molar-refractivity contribution in [2.24, 2.45) is 5.73 Å². The van der Waals surface area contributed by atoms with Crippen molar-refractivity contribution in [3.63, 3.8) is 0 Å². The Morgan fingerprint density at radius 1 is 1.30 bits per heavy atom. The van der Waals surface area contributed by atoms with Crippen molar-refractivity contribution in [3.8, 4) is 0 Å². The second kappa shape index (κ2) is 7.21. The Kier molecular flexibility index (Phi) is 5.58. The Morgan fingerprint density at radius 2 is 2.00 bits per heavy atom. The zero-order chi connectivity index (χ0) is 14.4. The number of aliphatic hydroxyl groups is 1. The molecule has 0 saturated heterocycles. The summed E-state index contributed by atoms with van der Waals surface area (Å²) in [6.45, 7) is 2.83. The molecule has 1 aliphatic carbocycles. The number of rotatable bonds is 8. The normalized spacial score (nSPS) is 20.1. The van der Waals surface area contributed by atoms with Crippen LogP contribution in [0.3, 0.4) is 0 Å². The average molecular weight is 276 g/mol. The van der Waals surface area contributed by atoms with Gasteiger partial charge in [0.1, 0.15) is 0 Å². The fourth-order valence-corrected chi connectivity index (χ4v) is 3.09. The molecule has 112 valence electrons. The number of hydrogen-bond acceptors (Lipinski definition) is 3. The fourth-order valence-electron chi connectivity index (χ4n) is 3.09. The van der Waals surface area contributed by atoms with Gasteiger partial charge in [-0.15, -0.1) is 0 Å². The van der Waals surface area contributed by atoms with Gasteiger partial charge < -0.3 is 16.2 Å². The van der Waals surface area contributed by atoms with Gasteiger partial charge >= 0.3 is 0 Å². The van der Waals surface area contributed by atoms with Crippen LogP contribution in [0.1, 0.15) is 44.6 Å². The summed E-state index contributed by atoms with van der Waals surface area (Å²) in [5, 5.41) is 13.8. The van der Waals surface area contributed by atoms with Gasteiger partial charge in [0.2, 0.25) is 0 Å². The molecule has 1 aliphatic rings. The Morgan fingerprint density at radius 3 is 2.55 bits per heavy atom. The van der Waals surface area contributed by atoms with Crippen LogP contribution in [0.15, 0.2) is 30.3 Å². The molecule has 20 heavy (non-hydrogen) atoms. The lowest BCUT2D eigenvalue weighted by Gasteiger charge is -2.44. The van der Waals surface area contributed by atoms with Gasteiger partial charge in [0.25, 0.3) is 0 Å². The van der Waals surface area contributed by atoms with E-state index in [-0.39, 0.29) is 11.6 Å². The maximum atomic E-state index is 10.2.